The molecule has 0 amide bonds. The van der Waals surface area contributed by atoms with Crippen molar-refractivity contribution in [3.63, 3.8) is 0 Å². The Morgan fingerprint density at radius 2 is 2.60 bits per heavy atom. The third-order valence-electron chi connectivity index (χ3n) is 1.51. The molecule has 0 bridgehead atoms. The molecular formula is C6H9ClO3. The molecule has 1 heterocycles. The zero-order valence-electron chi connectivity index (χ0n) is 5.63. The van der Waals surface area contributed by atoms with Gasteiger partial charge < -0.3 is 9.84 Å². The van der Waals surface area contributed by atoms with Crippen LogP contribution >= 0.6 is 11.6 Å². The number of halogens is 1. The molecule has 0 saturated carbocycles. The van der Waals surface area contributed by atoms with Gasteiger partial charge in [0.15, 0.2) is 0 Å². The summed E-state index contributed by atoms with van der Waals surface area (Å²) in [5, 5.41) is 8.58. The Hall–Kier alpha value is -0.280. The topological polar surface area (TPSA) is 46.5 Å². The summed E-state index contributed by atoms with van der Waals surface area (Å²) in [6.45, 7) is 1.45. The second-order valence-corrected chi connectivity index (χ2v) is 3.45. The Kier molecular flexibility index (Phi) is 1.88. The van der Waals surface area contributed by atoms with E-state index in [4.69, 9.17) is 21.4 Å². The second kappa shape index (κ2) is 2.40. The molecule has 1 fully saturated rings. The quantitative estimate of drug-likeness (QED) is 0.448. The summed E-state index contributed by atoms with van der Waals surface area (Å²) in [7, 11) is 0. The zero-order chi connectivity index (χ0) is 7.78. The normalized spacial score (nSPS) is 39.9. The molecule has 0 aromatic heterocycles. The van der Waals surface area contributed by atoms with Crippen molar-refractivity contribution in [2.45, 2.75) is 24.3 Å². The molecule has 0 radical (unpaired) electrons. The molecule has 1 aliphatic rings. The standard InChI is InChI=1S/C6H9ClO3/c1-6(7)2-4(3-8)10-5(6)9/h4,8H,2-3H2,1H3/t4?,6-/m0/s1. The molecule has 0 aromatic carbocycles. The van der Waals surface area contributed by atoms with Gasteiger partial charge in [0.25, 0.3) is 0 Å². The van der Waals surface area contributed by atoms with Gasteiger partial charge in [-0.1, -0.05) is 0 Å². The number of aliphatic hydroxyl groups is 1. The van der Waals surface area contributed by atoms with E-state index >= 15 is 0 Å². The Labute approximate surface area is 63.9 Å². The first-order valence-electron chi connectivity index (χ1n) is 3.07. The predicted molar refractivity (Wildman–Crippen MR) is 35.8 cm³/mol. The summed E-state index contributed by atoms with van der Waals surface area (Å²) in [5.74, 6) is -0.437. The lowest BCUT2D eigenvalue weighted by Gasteiger charge is -2.05. The zero-order valence-corrected chi connectivity index (χ0v) is 6.39. The highest BCUT2D eigenvalue weighted by atomic mass is 35.5. The van der Waals surface area contributed by atoms with E-state index in [-0.39, 0.29) is 6.61 Å². The van der Waals surface area contributed by atoms with Crippen LogP contribution in [0.4, 0.5) is 0 Å². The van der Waals surface area contributed by atoms with Gasteiger partial charge in [-0.05, 0) is 6.92 Å². The van der Waals surface area contributed by atoms with Crippen molar-refractivity contribution in [3.8, 4) is 0 Å². The Balaban J connectivity index is 2.62. The van der Waals surface area contributed by atoms with Gasteiger partial charge in [-0.25, -0.2) is 0 Å². The van der Waals surface area contributed by atoms with E-state index in [0.29, 0.717) is 6.42 Å². The summed E-state index contributed by atoms with van der Waals surface area (Å²) in [6, 6.07) is 0. The number of ether oxygens (including phenoxy) is 1. The molecule has 0 spiro atoms. The third kappa shape index (κ3) is 1.25. The van der Waals surface area contributed by atoms with Crippen molar-refractivity contribution in [1.29, 1.82) is 0 Å². The van der Waals surface area contributed by atoms with Gasteiger partial charge >= 0.3 is 5.97 Å². The summed E-state index contributed by atoms with van der Waals surface area (Å²) < 4.78 is 4.70. The highest BCUT2D eigenvalue weighted by Crippen LogP contribution is 2.30. The van der Waals surface area contributed by atoms with E-state index in [1.807, 2.05) is 0 Å². The molecule has 4 heteroatoms. The molecule has 10 heavy (non-hydrogen) atoms. The van der Waals surface area contributed by atoms with Gasteiger partial charge in [0.2, 0.25) is 0 Å². The van der Waals surface area contributed by atoms with E-state index in [0.717, 1.165) is 0 Å². The summed E-state index contributed by atoms with van der Waals surface area (Å²) in [6.07, 6.45) is -0.0147. The van der Waals surface area contributed by atoms with E-state index in [1.165, 1.54) is 0 Å². The molecule has 58 valence electrons. The molecule has 2 atom stereocenters. The van der Waals surface area contributed by atoms with Crippen molar-refractivity contribution >= 4 is 17.6 Å². The minimum absolute atomic E-state index is 0.145. The predicted octanol–water partition coefficient (Wildman–Crippen LogP) is 0.292. The first kappa shape index (κ1) is 7.82. The average Bonchev–Trinajstić information content (AvgIpc) is 2.08. The summed E-state index contributed by atoms with van der Waals surface area (Å²) in [4.78, 5) is 9.88. The molecule has 0 aliphatic carbocycles. The molecular weight excluding hydrogens is 156 g/mol. The van der Waals surface area contributed by atoms with Crippen molar-refractivity contribution in [3.05, 3.63) is 0 Å². The van der Waals surface area contributed by atoms with E-state index < -0.39 is 16.9 Å². The molecule has 0 aromatic rings. The van der Waals surface area contributed by atoms with Crippen LogP contribution in [0.15, 0.2) is 0 Å². The number of carbonyl (C=O) groups excluding carboxylic acids is 1. The fraction of sp³-hybridized carbons (Fsp3) is 0.833. The Bertz CT molecular complexity index is 155. The molecule has 1 saturated heterocycles. The number of cyclic esters (lactones) is 1. The highest BCUT2D eigenvalue weighted by Gasteiger charge is 2.43. The number of hydrogen-bond donors (Lipinski definition) is 1. The fourth-order valence-corrected chi connectivity index (χ4v) is 1.15. The number of rotatable bonds is 1. The smallest absolute Gasteiger partial charge is 0.327 e. The molecule has 1 unspecified atom stereocenters. The van der Waals surface area contributed by atoms with Gasteiger partial charge in [-0.2, -0.15) is 0 Å². The lowest BCUT2D eigenvalue weighted by Crippen LogP contribution is -2.22. The number of carbonyl (C=O) groups is 1. The van der Waals surface area contributed by atoms with Crippen LogP contribution in [0.3, 0.4) is 0 Å². The van der Waals surface area contributed by atoms with Crippen LogP contribution in [0.2, 0.25) is 0 Å². The molecule has 1 N–H and O–H groups in total. The fourth-order valence-electron chi connectivity index (χ4n) is 0.929. The monoisotopic (exact) mass is 164 g/mol. The van der Waals surface area contributed by atoms with Crippen LogP contribution in [-0.4, -0.2) is 28.7 Å². The van der Waals surface area contributed by atoms with Crippen molar-refractivity contribution in [2.24, 2.45) is 0 Å². The van der Waals surface area contributed by atoms with E-state index in [1.54, 1.807) is 6.92 Å². The Morgan fingerprint density at radius 1 is 2.00 bits per heavy atom. The van der Waals surface area contributed by atoms with Gasteiger partial charge in [0.05, 0.1) is 6.61 Å². The molecule has 1 aliphatic heterocycles. The van der Waals surface area contributed by atoms with Crippen LogP contribution < -0.4 is 0 Å². The SMILES string of the molecule is C[C@]1(Cl)CC(CO)OC1=O. The van der Waals surface area contributed by atoms with Gasteiger partial charge in [0.1, 0.15) is 11.0 Å². The second-order valence-electron chi connectivity index (χ2n) is 2.61. The minimum Gasteiger partial charge on any atom is -0.459 e. The number of aliphatic hydroxyl groups excluding tert-OH is 1. The van der Waals surface area contributed by atoms with E-state index in [9.17, 15) is 4.79 Å². The lowest BCUT2D eigenvalue weighted by atomic mass is 10.1. The van der Waals surface area contributed by atoms with Crippen molar-refractivity contribution in [1.82, 2.24) is 0 Å². The maximum absolute atomic E-state index is 10.8. The maximum Gasteiger partial charge on any atom is 0.327 e. The van der Waals surface area contributed by atoms with Gasteiger partial charge in [-0.3, -0.25) is 4.79 Å². The molecule has 1 rings (SSSR count). The minimum atomic E-state index is -0.923. The first-order valence-corrected chi connectivity index (χ1v) is 3.45. The number of alkyl halides is 1. The highest BCUT2D eigenvalue weighted by molar-refractivity contribution is 6.34. The van der Waals surface area contributed by atoms with Crippen LogP contribution in [0, 0.1) is 0 Å². The van der Waals surface area contributed by atoms with Crippen LogP contribution in [0.25, 0.3) is 0 Å². The largest absolute Gasteiger partial charge is 0.459 e. The van der Waals surface area contributed by atoms with Gasteiger partial charge in [0, 0.05) is 6.42 Å². The number of hydrogen-bond acceptors (Lipinski definition) is 3. The third-order valence-corrected chi connectivity index (χ3v) is 1.82. The van der Waals surface area contributed by atoms with Crippen LogP contribution in [0.5, 0.6) is 0 Å². The lowest BCUT2D eigenvalue weighted by molar-refractivity contribution is -0.144. The average molecular weight is 165 g/mol. The van der Waals surface area contributed by atoms with Gasteiger partial charge in [-0.15, -0.1) is 11.6 Å². The number of esters is 1. The van der Waals surface area contributed by atoms with Crippen molar-refractivity contribution in [2.75, 3.05) is 6.61 Å². The summed E-state index contributed by atoms with van der Waals surface area (Å²) >= 11 is 5.71. The van der Waals surface area contributed by atoms with Crippen molar-refractivity contribution < 1.29 is 14.6 Å². The van der Waals surface area contributed by atoms with Crippen LogP contribution in [0.1, 0.15) is 13.3 Å². The molecule has 3 nitrogen and oxygen atoms in total. The summed E-state index contributed by atoms with van der Waals surface area (Å²) in [5.41, 5.74) is 0. The first-order chi connectivity index (χ1) is 4.56. The van der Waals surface area contributed by atoms with Crippen LogP contribution in [-0.2, 0) is 9.53 Å². The maximum atomic E-state index is 10.8. The Morgan fingerprint density at radius 3 is 2.80 bits per heavy atom. The van der Waals surface area contributed by atoms with E-state index in [2.05, 4.69) is 0 Å².